The van der Waals surface area contributed by atoms with E-state index in [1.54, 1.807) is 6.08 Å². The average Bonchev–Trinajstić information content (AvgIpc) is 2.76. The quantitative estimate of drug-likeness (QED) is 0.745. The third kappa shape index (κ3) is 1.82. The molecule has 3 saturated carbocycles. The van der Waals surface area contributed by atoms with Crippen LogP contribution in [-0.2, 0) is 9.59 Å². The first kappa shape index (κ1) is 13.7. The van der Waals surface area contributed by atoms with Gasteiger partial charge in [-0.25, -0.2) is 0 Å². The zero-order chi connectivity index (χ0) is 14.8. The third-order valence-electron chi connectivity index (χ3n) is 7.12. The molecule has 0 amide bonds. The van der Waals surface area contributed by atoms with Crippen LogP contribution >= 0.6 is 0 Å². The smallest absolute Gasteiger partial charge is 0.159 e. The van der Waals surface area contributed by atoms with E-state index in [9.17, 15) is 14.7 Å². The van der Waals surface area contributed by atoms with Gasteiger partial charge in [-0.3, -0.25) is 9.59 Å². The van der Waals surface area contributed by atoms with Gasteiger partial charge < -0.3 is 5.11 Å². The number of aliphatic hydroxyl groups excluding tert-OH is 1. The molecule has 4 rings (SSSR count). The van der Waals surface area contributed by atoms with Gasteiger partial charge in [-0.2, -0.15) is 0 Å². The summed E-state index contributed by atoms with van der Waals surface area (Å²) in [4.78, 5) is 24.2. The fourth-order valence-corrected chi connectivity index (χ4v) is 5.95. The third-order valence-corrected chi connectivity index (χ3v) is 7.12. The minimum absolute atomic E-state index is 0.0210. The molecule has 3 heteroatoms. The standard InChI is InChI=1S/C18H24O3/c1-18-7-6-12-11-3-2-10(19)8-14(11)16(20)9-13(12)15(18)4-5-17(18)21/h8,11-13,15,17,21H,2-7,9H2,1H3/t11?,12-,13-,15+,17+,18+/m1/s1. The van der Waals surface area contributed by atoms with Crippen molar-refractivity contribution < 1.29 is 14.7 Å². The molecule has 21 heavy (non-hydrogen) atoms. The highest BCUT2D eigenvalue weighted by Gasteiger charge is 2.57. The summed E-state index contributed by atoms with van der Waals surface area (Å²) in [5.74, 6) is 2.14. The Morgan fingerprint density at radius 3 is 2.76 bits per heavy atom. The van der Waals surface area contributed by atoms with E-state index in [0.29, 0.717) is 36.5 Å². The van der Waals surface area contributed by atoms with Crippen LogP contribution in [0.4, 0.5) is 0 Å². The van der Waals surface area contributed by atoms with Gasteiger partial charge in [0.2, 0.25) is 0 Å². The normalized spacial score (nSPS) is 49.2. The topological polar surface area (TPSA) is 54.4 Å². The van der Waals surface area contributed by atoms with Crippen molar-refractivity contribution in [2.45, 2.75) is 58.0 Å². The van der Waals surface area contributed by atoms with E-state index in [1.807, 2.05) is 0 Å². The molecule has 1 N–H and O–H groups in total. The first-order valence-electron chi connectivity index (χ1n) is 8.46. The number of Topliss-reactive ketones (excluding diaryl/α,β-unsaturated/α-hetero) is 1. The summed E-state index contributed by atoms with van der Waals surface area (Å²) < 4.78 is 0. The number of aliphatic hydroxyl groups is 1. The van der Waals surface area contributed by atoms with Crippen molar-refractivity contribution in [3.8, 4) is 0 Å². The van der Waals surface area contributed by atoms with E-state index in [1.165, 1.54) is 0 Å². The molecule has 3 nitrogen and oxygen atoms in total. The summed E-state index contributed by atoms with van der Waals surface area (Å²) in [6.07, 6.45) is 7.67. The molecule has 1 unspecified atom stereocenters. The van der Waals surface area contributed by atoms with Crippen molar-refractivity contribution in [1.29, 1.82) is 0 Å². The summed E-state index contributed by atoms with van der Waals surface area (Å²) >= 11 is 0. The molecule has 0 heterocycles. The summed E-state index contributed by atoms with van der Waals surface area (Å²) in [6.45, 7) is 2.23. The lowest BCUT2D eigenvalue weighted by Crippen LogP contribution is -2.49. The zero-order valence-electron chi connectivity index (χ0n) is 12.7. The van der Waals surface area contributed by atoms with Crippen LogP contribution in [0.1, 0.15) is 51.9 Å². The summed E-state index contributed by atoms with van der Waals surface area (Å²) in [7, 11) is 0. The molecule has 0 aromatic heterocycles. The highest BCUT2D eigenvalue weighted by molar-refractivity contribution is 6.05. The van der Waals surface area contributed by atoms with E-state index in [0.717, 1.165) is 37.7 Å². The van der Waals surface area contributed by atoms with Crippen molar-refractivity contribution >= 4 is 11.6 Å². The molecule has 0 aromatic carbocycles. The predicted octanol–water partition coefficient (Wildman–Crippen LogP) is 2.67. The minimum atomic E-state index is -0.191. The molecule has 114 valence electrons. The maximum absolute atomic E-state index is 12.5. The van der Waals surface area contributed by atoms with Gasteiger partial charge in [-0.15, -0.1) is 0 Å². The van der Waals surface area contributed by atoms with E-state index < -0.39 is 0 Å². The predicted molar refractivity (Wildman–Crippen MR) is 78.5 cm³/mol. The van der Waals surface area contributed by atoms with Gasteiger partial charge in [0.15, 0.2) is 11.6 Å². The first-order valence-corrected chi connectivity index (χ1v) is 8.46. The van der Waals surface area contributed by atoms with Gasteiger partial charge >= 0.3 is 0 Å². The monoisotopic (exact) mass is 288 g/mol. The van der Waals surface area contributed by atoms with E-state index in [4.69, 9.17) is 0 Å². The molecule has 6 atom stereocenters. The second-order valence-electron chi connectivity index (χ2n) is 7.91. The Morgan fingerprint density at radius 1 is 1.14 bits per heavy atom. The number of carbonyl (C=O) groups is 2. The number of ketones is 2. The summed E-state index contributed by atoms with van der Waals surface area (Å²) in [5, 5.41) is 10.4. The van der Waals surface area contributed by atoms with E-state index in [2.05, 4.69) is 6.92 Å². The van der Waals surface area contributed by atoms with Gasteiger partial charge in [0.25, 0.3) is 0 Å². The van der Waals surface area contributed by atoms with Crippen molar-refractivity contribution in [3.63, 3.8) is 0 Å². The molecule has 0 bridgehead atoms. The minimum Gasteiger partial charge on any atom is -0.393 e. The number of rotatable bonds is 0. The molecule has 4 aliphatic carbocycles. The SMILES string of the molecule is C[C@]12CC[C@@H]3C4CCC(=O)C=C4C(=O)C[C@H]3[C@@H]1CC[C@@H]2O. The fourth-order valence-electron chi connectivity index (χ4n) is 5.95. The molecule has 0 aliphatic heterocycles. The van der Waals surface area contributed by atoms with E-state index in [-0.39, 0.29) is 23.1 Å². The van der Waals surface area contributed by atoms with Gasteiger partial charge in [0, 0.05) is 18.4 Å². The molecular formula is C18H24O3. The molecule has 0 radical (unpaired) electrons. The summed E-state index contributed by atoms with van der Waals surface area (Å²) in [6, 6.07) is 0. The van der Waals surface area contributed by atoms with E-state index >= 15 is 0 Å². The molecule has 0 spiro atoms. The van der Waals surface area contributed by atoms with Crippen LogP contribution in [0.25, 0.3) is 0 Å². The molecule has 0 saturated heterocycles. The average molecular weight is 288 g/mol. The lowest BCUT2D eigenvalue weighted by atomic mass is 9.52. The second-order valence-corrected chi connectivity index (χ2v) is 7.91. The largest absolute Gasteiger partial charge is 0.393 e. The van der Waals surface area contributed by atoms with Crippen LogP contribution in [0.3, 0.4) is 0 Å². The second kappa shape index (κ2) is 4.52. The molecule has 4 aliphatic rings. The highest BCUT2D eigenvalue weighted by Crippen LogP contribution is 2.61. The van der Waals surface area contributed by atoms with Crippen LogP contribution < -0.4 is 0 Å². The fraction of sp³-hybridized carbons (Fsp3) is 0.778. The van der Waals surface area contributed by atoms with Crippen molar-refractivity contribution in [3.05, 3.63) is 11.6 Å². The molecular weight excluding hydrogens is 264 g/mol. The Kier molecular flexibility index (Phi) is 2.94. The number of carbonyl (C=O) groups excluding carboxylic acids is 2. The maximum Gasteiger partial charge on any atom is 0.159 e. The van der Waals surface area contributed by atoms with Gasteiger partial charge in [-0.05, 0) is 67.3 Å². The van der Waals surface area contributed by atoms with Gasteiger partial charge in [0.05, 0.1) is 6.10 Å². The van der Waals surface area contributed by atoms with Gasteiger partial charge in [0.1, 0.15) is 0 Å². The van der Waals surface area contributed by atoms with Crippen molar-refractivity contribution in [2.24, 2.45) is 29.1 Å². The number of allylic oxidation sites excluding steroid dienone is 1. The number of hydrogen-bond acceptors (Lipinski definition) is 3. The Bertz CT molecular complexity index is 535. The maximum atomic E-state index is 12.5. The lowest BCUT2D eigenvalue weighted by molar-refractivity contribution is -0.127. The zero-order valence-corrected chi connectivity index (χ0v) is 12.7. The van der Waals surface area contributed by atoms with Crippen molar-refractivity contribution in [1.82, 2.24) is 0 Å². The van der Waals surface area contributed by atoms with Crippen LogP contribution in [0.2, 0.25) is 0 Å². The Morgan fingerprint density at radius 2 is 1.95 bits per heavy atom. The lowest BCUT2D eigenvalue weighted by Gasteiger charge is -2.52. The van der Waals surface area contributed by atoms with Crippen LogP contribution in [0, 0.1) is 29.1 Å². The molecule has 0 aromatic rings. The van der Waals surface area contributed by atoms with Crippen LogP contribution in [0.15, 0.2) is 11.6 Å². The number of fused-ring (bicyclic) bond motifs is 5. The van der Waals surface area contributed by atoms with Crippen molar-refractivity contribution in [2.75, 3.05) is 0 Å². The Hall–Kier alpha value is -0.960. The Labute approximate surface area is 125 Å². The molecule has 3 fully saturated rings. The van der Waals surface area contributed by atoms with Crippen LogP contribution in [-0.4, -0.2) is 22.8 Å². The Balaban J connectivity index is 1.69. The summed E-state index contributed by atoms with van der Waals surface area (Å²) in [5.41, 5.74) is 0.849. The number of hydrogen-bond donors (Lipinski definition) is 1. The first-order chi connectivity index (χ1) is 10.0. The highest BCUT2D eigenvalue weighted by atomic mass is 16.3. The van der Waals surface area contributed by atoms with Crippen LogP contribution in [0.5, 0.6) is 0 Å². The van der Waals surface area contributed by atoms with Gasteiger partial charge in [-0.1, -0.05) is 6.92 Å².